The zero-order valence-electron chi connectivity index (χ0n) is 6.60. The average molecular weight is 191 g/mol. The molecule has 1 atom stereocenters. The van der Waals surface area contributed by atoms with Crippen LogP contribution in [0.4, 0.5) is 0 Å². The Morgan fingerprint density at radius 1 is 1.31 bits per heavy atom. The predicted octanol–water partition coefficient (Wildman–Crippen LogP) is -1.58. The lowest BCUT2D eigenvalue weighted by atomic mass is 10.2. The van der Waals surface area contributed by atoms with E-state index >= 15 is 0 Å². The van der Waals surface area contributed by atoms with Crippen LogP contribution in [0.2, 0.25) is 0 Å². The highest BCUT2D eigenvalue weighted by molar-refractivity contribution is 5.82. The fourth-order valence-corrected chi connectivity index (χ4v) is 0.468. The number of carboxylic acid groups (broad SMARTS) is 2. The lowest BCUT2D eigenvalue weighted by Crippen LogP contribution is -2.33. The van der Waals surface area contributed by atoms with Gasteiger partial charge in [-0.1, -0.05) is 0 Å². The summed E-state index contributed by atoms with van der Waals surface area (Å²) in [6, 6.07) is -1.36. The van der Waals surface area contributed by atoms with Gasteiger partial charge in [-0.05, 0) is 0 Å². The molecule has 0 aliphatic heterocycles. The van der Waals surface area contributed by atoms with Gasteiger partial charge < -0.3 is 20.7 Å². The zero-order chi connectivity index (χ0) is 10.4. The summed E-state index contributed by atoms with van der Waals surface area (Å²) in [5.41, 5.74) is 4.98. The molecule has 0 aromatic heterocycles. The number of nitrogens with two attached hydrogens (primary N) is 1. The lowest BCUT2D eigenvalue weighted by molar-refractivity contribution is -0.156. The zero-order valence-corrected chi connectivity index (χ0v) is 6.60. The standard InChI is InChI=1S/C6H9NO6/c7-3(6(11)12)1-5(10)13-2-4(8)9/h3H,1-2,7H2,(H,8,9)(H,11,12)/t3-/m0/s1. The van der Waals surface area contributed by atoms with Crippen LogP contribution in [-0.2, 0) is 19.1 Å². The van der Waals surface area contributed by atoms with Crippen LogP contribution in [0, 0.1) is 0 Å². The van der Waals surface area contributed by atoms with E-state index in [0.717, 1.165) is 0 Å². The van der Waals surface area contributed by atoms with E-state index in [-0.39, 0.29) is 0 Å². The van der Waals surface area contributed by atoms with E-state index < -0.39 is 37.0 Å². The van der Waals surface area contributed by atoms with Gasteiger partial charge in [0.2, 0.25) is 0 Å². The van der Waals surface area contributed by atoms with Crippen LogP contribution in [0.3, 0.4) is 0 Å². The van der Waals surface area contributed by atoms with E-state index in [1.54, 1.807) is 0 Å². The van der Waals surface area contributed by atoms with Crippen LogP contribution in [0.5, 0.6) is 0 Å². The number of rotatable bonds is 5. The molecule has 0 aromatic carbocycles. The number of carbonyl (C=O) groups excluding carboxylic acids is 1. The molecule has 0 amide bonds. The molecule has 0 saturated heterocycles. The van der Waals surface area contributed by atoms with Crippen LogP contribution >= 0.6 is 0 Å². The largest absolute Gasteiger partial charge is 0.480 e. The Kier molecular flexibility index (Phi) is 4.45. The molecule has 0 bridgehead atoms. The van der Waals surface area contributed by atoms with E-state index in [4.69, 9.17) is 15.9 Å². The van der Waals surface area contributed by atoms with Crippen molar-refractivity contribution in [3.63, 3.8) is 0 Å². The van der Waals surface area contributed by atoms with Crippen molar-refractivity contribution in [2.75, 3.05) is 6.61 Å². The smallest absolute Gasteiger partial charge is 0.341 e. The first-order chi connectivity index (χ1) is 5.93. The van der Waals surface area contributed by atoms with Gasteiger partial charge in [-0.2, -0.15) is 0 Å². The van der Waals surface area contributed by atoms with Crippen LogP contribution < -0.4 is 5.73 Å². The minimum atomic E-state index is -1.36. The summed E-state index contributed by atoms with van der Waals surface area (Å²) in [6.07, 6.45) is -0.539. The molecule has 13 heavy (non-hydrogen) atoms. The third kappa shape index (κ3) is 5.62. The monoisotopic (exact) mass is 191 g/mol. The van der Waals surface area contributed by atoms with Gasteiger partial charge in [0.05, 0.1) is 6.42 Å². The van der Waals surface area contributed by atoms with E-state index in [1.807, 2.05) is 0 Å². The first kappa shape index (κ1) is 11.4. The van der Waals surface area contributed by atoms with Crippen molar-refractivity contribution in [1.29, 1.82) is 0 Å². The topological polar surface area (TPSA) is 127 Å². The first-order valence-corrected chi connectivity index (χ1v) is 3.29. The molecule has 7 heteroatoms. The second kappa shape index (κ2) is 5.09. The Hall–Kier alpha value is -1.63. The minimum absolute atomic E-state index is 0.539. The molecule has 0 rings (SSSR count). The highest BCUT2D eigenvalue weighted by Crippen LogP contribution is 1.92. The second-order valence-electron chi connectivity index (χ2n) is 2.20. The van der Waals surface area contributed by atoms with Gasteiger partial charge in [0, 0.05) is 0 Å². The highest BCUT2D eigenvalue weighted by atomic mass is 16.5. The van der Waals surface area contributed by atoms with Crippen molar-refractivity contribution in [3.05, 3.63) is 0 Å². The Morgan fingerprint density at radius 3 is 2.23 bits per heavy atom. The fraction of sp³-hybridized carbons (Fsp3) is 0.500. The van der Waals surface area contributed by atoms with Crippen LogP contribution in [0.25, 0.3) is 0 Å². The van der Waals surface area contributed by atoms with Crippen LogP contribution in [-0.4, -0.2) is 40.8 Å². The lowest BCUT2D eigenvalue weighted by Gasteiger charge is -2.04. The number of hydrogen-bond acceptors (Lipinski definition) is 5. The summed E-state index contributed by atoms with van der Waals surface area (Å²) >= 11 is 0. The van der Waals surface area contributed by atoms with E-state index in [2.05, 4.69) is 4.74 Å². The molecular weight excluding hydrogens is 182 g/mol. The van der Waals surface area contributed by atoms with Gasteiger partial charge in [-0.3, -0.25) is 9.59 Å². The summed E-state index contributed by atoms with van der Waals surface area (Å²) in [5.74, 6) is -3.60. The summed E-state index contributed by atoms with van der Waals surface area (Å²) in [7, 11) is 0. The number of esters is 1. The number of carboxylic acids is 2. The molecule has 0 aliphatic rings. The van der Waals surface area contributed by atoms with Gasteiger partial charge in [0.25, 0.3) is 0 Å². The Bertz CT molecular complexity index is 225. The summed E-state index contributed by atoms with van der Waals surface area (Å²) in [6.45, 7) is -0.787. The van der Waals surface area contributed by atoms with Gasteiger partial charge in [-0.15, -0.1) is 0 Å². The summed E-state index contributed by atoms with van der Waals surface area (Å²) in [5, 5.41) is 16.3. The molecule has 0 aromatic rings. The summed E-state index contributed by atoms with van der Waals surface area (Å²) < 4.78 is 4.14. The maximum absolute atomic E-state index is 10.6. The maximum atomic E-state index is 10.6. The molecular formula is C6H9NO6. The van der Waals surface area contributed by atoms with Crippen molar-refractivity contribution in [2.24, 2.45) is 5.73 Å². The number of ether oxygens (including phenoxy) is 1. The molecule has 0 saturated carbocycles. The van der Waals surface area contributed by atoms with Crippen molar-refractivity contribution in [2.45, 2.75) is 12.5 Å². The molecule has 0 aliphatic carbocycles. The predicted molar refractivity (Wildman–Crippen MR) is 38.8 cm³/mol. The first-order valence-electron chi connectivity index (χ1n) is 3.29. The van der Waals surface area contributed by atoms with Gasteiger partial charge >= 0.3 is 17.9 Å². The molecule has 74 valence electrons. The average Bonchev–Trinajstić information content (AvgIpc) is 2.00. The molecule has 0 unspecified atom stereocenters. The fourth-order valence-electron chi connectivity index (χ4n) is 0.468. The Morgan fingerprint density at radius 2 is 1.85 bits per heavy atom. The molecule has 0 radical (unpaired) electrons. The molecule has 0 fully saturated rings. The SMILES string of the molecule is N[C@@H](CC(=O)OCC(=O)O)C(=O)O. The molecule has 4 N–H and O–H groups in total. The number of aliphatic carboxylic acids is 2. The van der Waals surface area contributed by atoms with Crippen LogP contribution in [0.1, 0.15) is 6.42 Å². The minimum Gasteiger partial charge on any atom is -0.480 e. The van der Waals surface area contributed by atoms with Crippen LogP contribution in [0.15, 0.2) is 0 Å². The molecule has 0 spiro atoms. The van der Waals surface area contributed by atoms with Gasteiger partial charge in [-0.25, -0.2) is 4.79 Å². The van der Waals surface area contributed by atoms with Gasteiger partial charge in [0.1, 0.15) is 6.04 Å². The summed E-state index contributed by atoms with van der Waals surface area (Å²) in [4.78, 5) is 30.7. The van der Waals surface area contributed by atoms with E-state index in [0.29, 0.717) is 0 Å². The number of hydrogen-bond donors (Lipinski definition) is 3. The third-order valence-electron chi connectivity index (χ3n) is 1.06. The van der Waals surface area contributed by atoms with Crippen molar-refractivity contribution in [1.82, 2.24) is 0 Å². The molecule has 7 nitrogen and oxygen atoms in total. The van der Waals surface area contributed by atoms with E-state index in [1.165, 1.54) is 0 Å². The normalized spacial score (nSPS) is 11.8. The second-order valence-corrected chi connectivity index (χ2v) is 2.20. The third-order valence-corrected chi connectivity index (χ3v) is 1.06. The Balaban J connectivity index is 3.74. The van der Waals surface area contributed by atoms with Crippen molar-refractivity contribution >= 4 is 17.9 Å². The van der Waals surface area contributed by atoms with E-state index in [9.17, 15) is 14.4 Å². The van der Waals surface area contributed by atoms with Gasteiger partial charge in [0.15, 0.2) is 6.61 Å². The Labute approximate surface area is 73.1 Å². The quantitative estimate of drug-likeness (QED) is 0.447. The maximum Gasteiger partial charge on any atom is 0.341 e. The highest BCUT2D eigenvalue weighted by Gasteiger charge is 2.17. The molecule has 0 heterocycles. The van der Waals surface area contributed by atoms with Crippen molar-refractivity contribution in [3.8, 4) is 0 Å². The van der Waals surface area contributed by atoms with Crippen molar-refractivity contribution < 1.29 is 29.3 Å². The number of carbonyl (C=O) groups is 3.